The maximum Gasteiger partial charge on any atom is 0.309 e. The molecule has 18 heavy (non-hydrogen) atoms. The summed E-state index contributed by atoms with van der Waals surface area (Å²) in [5, 5.41) is 13.1. The number of aliphatic carboxylic acids is 1. The van der Waals surface area contributed by atoms with E-state index in [2.05, 4.69) is 21.0 Å². The van der Waals surface area contributed by atoms with Crippen LogP contribution >= 0.6 is 15.9 Å². The highest BCUT2D eigenvalue weighted by atomic mass is 79.9. The first-order valence-electron chi connectivity index (χ1n) is 5.51. The zero-order valence-corrected chi connectivity index (χ0v) is 11.7. The van der Waals surface area contributed by atoms with Gasteiger partial charge in [0, 0.05) is 10.2 Å². The van der Waals surface area contributed by atoms with E-state index in [1.165, 1.54) is 0 Å². The number of rotatable bonds is 3. The smallest absolute Gasteiger partial charge is 0.309 e. The van der Waals surface area contributed by atoms with Gasteiger partial charge in [-0.05, 0) is 53.5 Å². The van der Waals surface area contributed by atoms with Crippen LogP contribution in [0.3, 0.4) is 0 Å². The topological polar surface area (TPSA) is 55.1 Å². The molecule has 0 saturated carbocycles. The number of carboxylic acid groups (broad SMARTS) is 1. The minimum Gasteiger partial charge on any atom is -0.481 e. The zero-order chi connectivity index (χ0) is 13.3. The van der Waals surface area contributed by atoms with Crippen molar-refractivity contribution in [3.05, 3.63) is 45.7 Å². The fourth-order valence-electron chi connectivity index (χ4n) is 1.81. The molecule has 4 nitrogen and oxygen atoms in total. The van der Waals surface area contributed by atoms with Crippen molar-refractivity contribution in [1.29, 1.82) is 0 Å². The maximum absolute atomic E-state index is 10.7. The van der Waals surface area contributed by atoms with Gasteiger partial charge in [-0.2, -0.15) is 5.10 Å². The molecular formula is C13H13BrN2O2. The van der Waals surface area contributed by atoms with Crippen molar-refractivity contribution in [1.82, 2.24) is 9.78 Å². The Balaban J connectivity index is 2.44. The summed E-state index contributed by atoms with van der Waals surface area (Å²) in [6.45, 7) is 3.92. The van der Waals surface area contributed by atoms with Crippen LogP contribution in [0.2, 0.25) is 0 Å². The fourth-order valence-corrected chi connectivity index (χ4v) is 2.47. The monoisotopic (exact) mass is 308 g/mol. The second-order valence-corrected chi connectivity index (χ2v) is 5.07. The number of carbonyl (C=O) groups is 1. The second kappa shape index (κ2) is 4.94. The Morgan fingerprint density at radius 3 is 2.72 bits per heavy atom. The molecule has 0 amide bonds. The molecule has 0 spiro atoms. The van der Waals surface area contributed by atoms with E-state index in [4.69, 9.17) is 5.11 Å². The lowest BCUT2D eigenvalue weighted by molar-refractivity contribution is -0.136. The molecule has 0 aliphatic heterocycles. The van der Waals surface area contributed by atoms with Crippen molar-refractivity contribution < 1.29 is 9.90 Å². The van der Waals surface area contributed by atoms with Crippen LogP contribution in [-0.2, 0) is 11.2 Å². The highest BCUT2D eigenvalue weighted by molar-refractivity contribution is 9.10. The van der Waals surface area contributed by atoms with E-state index in [1.807, 2.05) is 32.0 Å². The van der Waals surface area contributed by atoms with E-state index in [9.17, 15) is 4.79 Å². The molecule has 2 rings (SSSR count). The molecule has 2 aromatic rings. The minimum atomic E-state index is -0.873. The van der Waals surface area contributed by atoms with E-state index >= 15 is 0 Å². The molecule has 1 aromatic heterocycles. The lowest BCUT2D eigenvalue weighted by Gasteiger charge is -2.07. The standard InChI is InChI=1S/C13H13BrN2O2/c1-8-3-4-12(11(14)5-8)16-9(2)6-10(15-16)7-13(17)18/h3-6H,7H2,1-2H3,(H,17,18). The lowest BCUT2D eigenvalue weighted by Crippen LogP contribution is -2.03. The molecule has 0 aliphatic rings. The molecule has 0 radical (unpaired) electrons. The predicted molar refractivity (Wildman–Crippen MR) is 72.1 cm³/mol. The highest BCUT2D eigenvalue weighted by Gasteiger charge is 2.11. The van der Waals surface area contributed by atoms with Gasteiger partial charge in [-0.1, -0.05) is 6.07 Å². The van der Waals surface area contributed by atoms with Crippen molar-refractivity contribution in [2.75, 3.05) is 0 Å². The predicted octanol–water partition coefficient (Wildman–Crippen LogP) is 2.88. The molecule has 94 valence electrons. The molecule has 0 unspecified atom stereocenters. The van der Waals surface area contributed by atoms with Gasteiger partial charge in [-0.3, -0.25) is 4.79 Å². The van der Waals surface area contributed by atoms with E-state index in [-0.39, 0.29) is 6.42 Å². The molecule has 0 bridgehead atoms. The maximum atomic E-state index is 10.7. The van der Waals surface area contributed by atoms with E-state index in [0.717, 1.165) is 21.4 Å². The van der Waals surface area contributed by atoms with Crippen LogP contribution in [0.15, 0.2) is 28.7 Å². The summed E-state index contributed by atoms with van der Waals surface area (Å²) in [6.07, 6.45) is -0.0582. The molecule has 0 fully saturated rings. The van der Waals surface area contributed by atoms with Crippen molar-refractivity contribution >= 4 is 21.9 Å². The molecule has 1 aromatic carbocycles. The first kappa shape index (κ1) is 12.8. The average molecular weight is 309 g/mol. The van der Waals surface area contributed by atoms with E-state index < -0.39 is 5.97 Å². The van der Waals surface area contributed by atoms with Crippen LogP contribution in [0.5, 0.6) is 0 Å². The van der Waals surface area contributed by atoms with Gasteiger partial charge < -0.3 is 5.11 Å². The third-order valence-electron chi connectivity index (χ3n) is 2.60. The average Bonchev–Trinajstić information content (AvgIpc) is 2.58. The van der Waals surface area contributed by atoms with Crippen LogP contribution < -0.4 is 0 Å². The number of benzene rings is 1. The number of nitrogens with zero attached hydrogens (tertiary/aromatic N) is 2. The molecule has 1 heterocycles. The van der Waals surface area contributed by atoms with Crippen LogP contribution in [0.25, 0.3) is 5.69 Å². The first-order valence-corrected chi connectivity index (χ1v) is 6.30. The Bertz CT molecular complexity index is 605. The van der Waals surface area contributed by atoms with Crippen molar-refractivity contribution in [3.63, 3.8) is 0 Å². The van der Waals surface area contributed by atoms with Crippen LogP contribution in [-0.4, -0.2) is 20.9 Å². The Morgan fingerprint density at radius 1 is 1.39 bits per heavy atom. The van der Waals surface area contributed by atoms with Crippen LogP contribution in [0.1, 0.15) is 17.0 Å². The molecule has 5 heteroatoms. The molecular weight excluding hydrogens is 296 g/mol. The Hall–Kier alpha value is -1.62. The Morgan fingerprint density at radius 2 is 2.11 bits per heavy atom. The third kappa shape index (κ3) is 2.61. The van der Waals surface area contributed by atoms with Crippen molar-refractivity contribution in [2.24, 2.45) is 0 Å². The van der Waals surface area contributed by atoms with Crippen LogP contribution in [0, 0.1) is 13.8 Å². The number of hydrogen-bond donors (Lipinski definition) is 1. The molecule has 0 saturated heterocycles. The molecule has 0 atom stereocenters. The summed E-state index contributed by atoms with van der Waals surface area (Å²) in [5.74, 6) is -0.873. The Labute approximate surface area is 113 Å². The second-order valence-electron chi connectivity index (χ2n) is 4.21. The summed E-state index contributed by atoms with van der Waals surface area (Å²) in [4.78, 5) is 10.7. The van der Waals surface area contributed by atoms with Gasteiger partial charge in [0.1, 0.15) is 0 Å². The number of carboxylic acids is 1. The first-order chi connectivity index (χ1) is 8.47. The third-order valence-corrected chi connectivity index (χ3v) is 3.24. The lowest BCUT2D eigenvalue weighted by atomic mass is 10.2. The SMILES string of the molecule is Cc1ccc(-n2nc(CC(=O)O)cc2C)c(Br)c1. The largest absolute Gasteiger partial charge is 0.481 e. The van der Waals surface area contributed by atoms with Gasteiger partial charge in [0.05, 0.1) is 17.8 Å². The van der Waals surface area contributed by atoms with Crippen molar-refractivity contribution in [3.8, 4) is 5.69 Å². The highest BCUT2D eigenvalue weighted by Crippen LogP contribution is 2.23. The summed E-state index contributed by atoms with van der Waals surface area (Å²) >= 11 is 3.50. The molecule has 1 N–H and O–H groups in total. The van der Waals surface area contributed by atoms with Gasteiger partial charge in [-0.15, -0.1) is 0 Å². The number of aryl methyl sites for hydroxylation is 2. The van der Waals surface area contributed by atoms with Gasteiger partial charge in [-0.25, -0.2) is 4.68 Å². The Kier molecular flexibility index (Phi) is 3.52. The van der Waals surface area contributed by atoms with Crippen LogP contribution in [0.4, 0.5) is 0 Å². The quantitative estimate of drug-likeness (QED) is 0.948. The van der Waals surface area contributed by atoms with Gasteiger partial charge in [0.25, 0.3) is 0 Å². The summed E-state index contributed by atoms with van der Waals surface area (Å²) in [6, 6.07) is 7.76. The number of aromatic nitrogens is 2. The van der Waals surface area contributed by atoms with Crippen molar-refractivity contribution in [2.45, 2.75) is 20.3 Å². The van der Waals surface area contributed by atoms with E-state index in [1.54, 1.807) is 10.7 Å². The summed E-state index contributed by atoms with van der Waals surface area (Å²) in [7, 11) is 0. The normalized spacial score (nSPS) is 10.6. The van der Waals surface area contributed by atoms with Gasteiger partial charge in [0.2, 0.25) is 0 Å². The van der Waals surface area contributed by atoms with Gasteiger partial charge in [0.15, 0.2) is 0 Å². The van der Waals surface area contributed by atoms with E-state index in [0.29, 0.717) is 5.69 Å². The zero-order valence-electron chi connectivity index (χ0n) is 10.1. The number of halogens is 1. The molecule has 0 aliphatic carbocycles. The fraction of sp³-hybridized carbons (Fsp3) is 0.231. The summed E-state index contributed by atoms with van der Waals surface area (Å²) < 4.78 is 2.69. The summed E-state index contributed by atoms with van der Waals surface area (Å²) in [5.41, 5.74) is 3.54. The minimum absolute atomic E-state index is 0.0582. The number of hydrogen-bond acceptors (Lipinski definition) is 2. The van der Waals surface area contributed by atoms with Gasteiger partial charge >= 0.3 is 5.97 Å².